The Balaban J connectivity index is 1.38. The van der Waals surface area contributed by atoms with Gasteiger partial charge in [0.2, 0.25) is 57.3 Å². The van der Waals surface area contributed by atoms with Crippen molar-refractivity contribution < 1.29 is 64.9 Å². The number of sulfonamides is 1. The molecule has 5 aromatic rings. The Morgan fingerprint density at radius 1 is 0.594 bits per heavy atom. The molecule has 0 aliphatic heterocycles. The van der Waals surface area contributed by atoms with Crippen molar-refractivity contribution >= 4 is 101 Å². The number of nitrogens with zero attached hydrogens (tertiary/aromatic N) is 3. The summed E-state index contributed by atoms with van der Waals surface area (Å²) < 4.78 is 63.6. The Hall–Kier alpha value is -9.14. The number of anilines is 2. The van der Waals surface area contributed by atoms with Crippen LogP contribution in [0.1, 0.15) is 91.0 Å². The van der Waals surface area contributed by atoms with Crippen molar-refractivity contribution in [1.82, 2.24) is 41.9 Å². The number of unbranched alkanes of at least 4 members (excludes halogenated alkanes) is 2. The molecule has 0 radical (unpaired) electrons. The lowest BCUT2D eigenvalue weighted by atomic mass is 9.96. The molecule has 0 heterocycles. The van der Waals surface area contributed by atoms with Crippen molar-refractivity contribution in [2.75, 3.05) is 57.0 Å². The molecule has 522 valence electrons. The van der Waals surface area contributed by atoms with Crippen LogP contribution in [0.15, 0.2) is 129 Å². The molecule has 0 aliphatic rings. The molecule has 31 heteroatoms. The number of phenols is 1. The number of hydrogen-bond donors (Lipinski definition) is 14. The van der Waals surface area contributed by atoms with Gasteiger partial charge in [-0.1, -0.05) is 70.5 Å². The van der Waals surface area contributed by atoms with Crippen LogP contribution in [0.3, 0.4) is 0 Å². The van der Waals surface area contributed by atoms with Crippen LogP contribution >= 0.6 is 0 Å². The Bertz CT molecular complexity index is 3710. The lowest BCUT2D eigenvalue weighted by molar-refractivity contribution is -0.136. The average Bonchev–Trinajstić information content (AvgIpc) is 0.793. The number of carbonyl (C=O) groups excluding carboxylic acids is 8. The molecule has 0 fully saturated rings. The van der Waals surface area contributed by atoms with E-state index >= 15 is 0 Å². The van der Waals surface area contributed by atoms with Gasteiger partial charge < -0.3 is 69.7 Å². The third-order valence-electron chi connectivity index (χ3n) is 15.6. The van der Waals surface area contributed by atoms with E-state index in [9.17, 15) is 64.9 Å². The largest absolute Gasteiger partial charge is 0.508 e. The summed E-state index contributed by atoms with van der Waals surface area (Å²) in [6, 6.07) is 20.1. The Morgan fingerprint density at radius 3 is 1.72 bits per heavy atom. The molecule has 1 unspecified atom stereocenters. The highest BCUT2D eigenvalue weighted by atomic mass is 32.2. The van der Waals surface area contributed by atoms with Gasteiger partial charge in [-0.3, -0.25) is 42.9 Å². The van der Waals surface area contributed by atoms with E-state index in [1.54, 1.807) is 70.2 Å². The number of nitrogens with one attached hydrogen (secondary N) is 9. The number of carbonyl (C=O) groups is 8. The maximum Gasteiger partial charge on any atom is 0.295 e. The molecule has 0 spiro atoms. The quantitative estimate of drug-likeness (QED) is 0.0152. The Morgan fingerprint density at radius 2 is 1.15 bits per heavy atom. The number of nitrogens with two attached hydrogens (primary N) is 3. The first kappa shape index (κ1) is 77.6. The van der Waals surface area contributed by atoms with Crippen LogP contribution in [0.4, 0.5) is 22.7 Å². The Labute approximate surface area is 559 Å². The van der Waals surface area contributed by atoms with Crippen molar-refractivity contribution in [3.05, 3.63) is 115 Å². The summed E-state index contributed by atoms with van der Waals surface area (Å²) in [4.78, 5) is 112. The van der Waals surface area contributed by atoms with Crippen molar-refractivity contribution in [2.24, 2.45) is 39.3 Å². The number of phenolic OH excluding ortho intramolecular Hbond substituents is 1. The zero-order chi connectivity index (χ0) is 70.7. The number of amides is 8. The zero-order valence-corrected chi connectivity index (χ0v) is 56.4. The van der Waals surface area contributed by atoms with E-state index in [0.717, 1.165) is 5.69 Å². The van der Waals surface area contributed by atoms with Crippen LogP contribution in [-0.4, -0.2) is 157 Å². The van der Waals surface area contributed by atoms with Crippen LogP contribution in [0.25, 0.3) is 10.8 Å². The van der Waals surface area contributed by atoms with Gasteiger partial charge in [-0.25, -0.2) is 13.1 Å². The molecule has 5 aromatic carbocycles. The SMILES string of the molecule is CCC(C)[C@H](NC(=O)[C@@H](NC(=O)[C@H](CCCCN)NC(=O)[C@H](CCCCNS(=O)(=O)c1ccc(/N=N/c2ccc(N(C)C)cc2)cc1)NC(=O)[C@H](CCC(=O)NCCNc1cccc2c(S(=O)(=O)O)cccc12)NC(=O)[C@@H](N)Cc1ccc(O)cc1)C(C)C)C(=O)NCC(N)=O. The predicted octanol–water partition coefficient (Wildman–Crippen LogP) is 3.16. The molecule has 7 atom stereocenters. The standard InChI is InChI=1S/C65H91N15O14S2/c1-7-41(4)59(64(88)71-39-56(68)82)77-65(89)58(40(2)3)76-63(87)53(16-8-10-34-66)75-61(85)52(17-9-11-35-72-95(90,91)47-30-24-44(25-31-47)79-78-43-22-26-45(27-23-43)80(5)6)74-62(86)54(73-60(84)50(67)38-42-20-28-46(81)29-21-42)32-33-57(83)70-37-36-69-51-18-12-15-49-48(51)14-13-19-55(49)96(92,93)94/h12-15,18-31,40-41,50,52-54,58-59,69,72,81H,7-11,16-17,32-39,66-67H2,1-6H3,(H2,68,82)(H,70,83)(H,71,88)(H,73,84)(H,74,86)(H,75,85)(H,76,87)(H,77,89)(H,92,93,94)/b79-78+/t41?,50-,52-,53-,54-,58-,59-/m0/s1. The van der Waals surface area contributed by atoms with E-state index in [1.165, 1.54) is 54.6 Å². The summed E-state index contributed by atoms with van der Waals surface area (Å²) in [5.74, 6) is -7.31. The van der Waals surface area contributed by atoms with Crippen molar-refractivity contribution in [2.45, 2.75) is 138 Å². The predicted molar refractivity (Wildman–Crippen MR) is 364 cm³/mol. The van der Waals surface area contributed by atoms with Gasteiger partial charge in [-0.05, 0) is 148 Å². The van der Waals surface area contributed by atoms with Crippen LogP contribution in [-0.2, 0) is 64.9 Å². The number of rotatable bonds is 40. The van der Waals surface area contributed by atoms with E-state index in [2.05, 4.69) is 57.5 Å². The second kappa shape index (κ2) is 37.8. The molecule has 0 saturated heterocycles. The third kappa shape index (κ3) is 24.9. The minimum Gasteiger partial charge on any atom is -0.508 e. The highest BCUT2D eigenvalue weighted by molar-refractivity contribution is 7.89. The molecule has 8 amide bonds. The first-order chi connectivity index (χ1) is 45.5. The summed E-state index contributed by atoms with van der Waals surface area (Å²) in [7, 11) is -4.82. The number of aromatic hydroxyl groups is 1. The molecule has 0 aromatic heterocycles. The van der Waals surface area contributed by atoms with Gasteiger partial charge >= 0.3 is 0 Å². The van der Waals surface area contributed by atoms with Crippen LogP contribution in [0.5, 0.6) is 5.75 Å². The normalized spacial score (nSPS) is 13.9. The fourth-order valence-corrected chi connectivity index (χ4v) is 11.7. The summed E-state index contributed by atoms with van der Waals surface area (Å²) in [5, 5.41) is 40.8. The molecule has 96 heavy (non-hydrogen) atoms. The number of hydrogen-bond acceptors (Lipinski definition) is 19. The lowest BCUT2D eigenvalue weighted by Gasteiger charge is -2.30. The smallest absolute Gasteiger partial charge is 0.295 e. The molecule has 0 aliphatic carbocycles. The molecular formula is C65H91N15O14S2. The Kier molecular flexibility index (Phi) is 30.6. The second-order valence-corrected chi connectivity index (χ2v) is 26.8. The van der Waals surface area contributed by atoms with E-state index in [-0.39, 0.29) is 92.1 Å². The first-order valence-electron chi connectivity index (χ1n) is 31.6. The first-order valence-corrected chi connectivity index (χ1v) is 34.5. The summed E-state index contributed by atoms with van der Waals surface area (Å²) in [5.41, 5.74) is 20.5. The lowest BCUT2D eigenvalue weighted by Crippen LogP contribution is -2.61. The van der Waals surface area contributed by atoms with Crippen molar-refractivity contribution in [1.29, 1.82) is 0 Å². The van der Waals surface area contributed by atoms with Crippen LogP contribution in [0.2, 0.25) is 0 Å². The number of azo groups is 1. The number of primary amides is 1. The van der Waals surface area contributed by atoms with Crippen molar-refractivity contribution in [3.8, 4) is 5.75 Å². The summed E-state index contributed by atoms with van der Waals surface area (Å²) >= 11 is 0. The minimum absolute atomic E-state index is 0.0114. The third-order valence-corrected chi connectivity index (χ3v) is 18.0. The zero-order valence-electron chi connectivity index (χ0n) is 54.8. The molecular weight excluding hydrogens is 1280 g/mol. The monoisotopic (exact) mass is 1370 g/mol. The van der Waals surface area contributed by atoms with Crippen LogP contribution in [0, 0.1) is 11.8 Å². The molecule has 0 saturated carbocycles. The van der Waals surface area contributed by atoms with Gasteiger partial charge in [0.1, 0.15) is 40.9 Å². The van der Waals surface area contributed by atoms with Gasteiger partial charge in [-0.2, -0.15) is 18.6 Å². The fraction of sp³-hybridized carbons (Fsp3) is 0.446. The minimum atomic E-state index is -4.55. The van der Waals surface area contributed by atoms with Crippen LogP contribution < -0.4 is 69.4 Å². The van der Waals surface area contributed by atoms with Gasteiger partial charge in [0.15, 0.2) is 0 Å². The topological polar surface area (TPSA) is 460 Å². The average molecular weight is 1370 g/mol. The second-order valence-electron chi connectivity index (χ2n) is 23.7. The molecule has 17 N–H and O–H groups in total. The van der Waals surface area contributed by atoms with E-state index < -0.39 is 122 Å². The summed E-state index contributed by atoms with van der Waals surface area (Å²) in [6.45, 7) is 6.56. The van der Waals surface area contributed by atoms with E-state index in [4.69, 9.17) is 17.2 Å². The fourth-order valence-electron chi connectivity index (χ4n) is 9.93. The molecule has 0 bridgehead atoms. The molecule has 29 nitrogen and oxygen atoms in total. The highest BCUT2D eigenvalue weighted by Crippen LogP contribution is 2.29. The number of benzene rings is 5. The van der Waals surface area contributed by atoms with Gasteiger partial charge in [0, 0.05) is 62.3 Å². The van der Waals surface area contributed by atoms with Crippen molar-refractivity contribution in [3.63, 3.8) is 0 Å². The maximum atomic E-state index is 14.8. The maximum absolute atomic E-state index is 14.8. The van der Waals surface area contributed by atoms with E-state index in [1.807, 2.05) is 31.1 Å². The number of fused-ring (bicyclic) bond motifs is 1. The molecule has 5 rings (SSSR count). The van der Waals surface area contributed by atoms with E-state index in [0.29, 0.717) is 47.3 Å². The van der Waals surface area contributed by atoms with Gasteiger partial charge in [-0.15, -0.1) is 0 Å². The highest BCUT2D eigenvalue weighted by Gasteiger charge is 2.35. The van der Waals surface area contributed by atoms with Gasteiger partial charge in [0.25, 0.3) is 10.1 Å². The van der Waals surface area contributed by atoms with Gasteiger partial charge in [0.05, 0.1) is 28.9 Å². The summed E-state index contributed by atoms with van der Waals surface area (Å²) in [6.07, 6.45) is 0.389.